The zero-order chi connectivity index (χ0) is 27.4. The van der Waals surface area contributed by atoms with Gasteiger partial charge in [0.15, 0.2) is 0 Å². The number of imidazole rings is 1. The number of carbonyl (C=O) groups excluding carboxylic acids is 1. The molecule has 5 aromatic rings. The van der Waals surface area contributed by atoms with Crippen molar-refractivity contribution in [1.29, 1.82) is 0 Å². The number of hydrogen-bond donors (Lipinski definition) is 2. The molecule has 2 N–H and O–H groups in total. The first-order valence-corrected chi connectivity index (χ1v) is 13.9. The van der Waals surface area contributed by atoms with Crippen molar-refractivity contribution in [2.24, 2.45) is 0 Å². The van der Waals surface area contributed by atoms with Crippen LogP contribution in [0.1, 0.15) is 28.8 Å². The second-order valence-electron chi connectivity index (χ2n) is 9.18. The largest absolute Gasteiger partial charge is 0.469 e. The average molecular weight is 541 g/mol. The molecule has 5 rings (SSSR count). The lowest BCUT2D eigenvalue weighted by atomic mass is 10.0. The van der Waals surface area contributed by atoms with E-state index < -0.39 is 22.1 Å². The second-order valence-corrected chi connectivity index (χ2v) is 10.8. The number of sulfonamides is 1. The van der Waals surface area contributed by atoms with Gasteiger partial charge in [-0.25, -0.2) is 22.9 Å². The van der Waals surface area contributed by atoms with Crippen molar-refractivity contribution in [3.05, 3.63) is 126 Å². The van der Waals surface area contributed by atoms with E-state index in [9.17, 15) is 13.2 Å². The van der Waals surface area contributed by atoms with Crippen LogP contribution in [0.5, 0.6) is 0 Å². The van der Waals surface area contributed by atoms with E-state index in [1.165, 1.54) is 6.07 Å². The number of rotatable bonds is 8. The third-order valence-electron chi connectivity index (χ3n) is 6.49. The number of amides is 2. The molecular weight excluding hydrogens is 512 g/mol. The van der Waals surface area contributed by atoms with Gasteiger partial charge in [0.05, 0.1) is 17.2 Å². The van der Waals surface area contributed by atoms with Gasteiger partial charge >= 0.3 is 6.03 Å². The summed E-state index contributed by atoms with van der Waals surface area (Å²) in [4.78, 5) is 17.7. The summed E-state index contributed by atoms with van der Waals surface area (Å²) in [7, 11) is -4.07. The summed E-state index contributed by atoms with van der Waals surface area (Å²) in [5, 5.41) is 2.84. The Morgan fingerprint density at radius 2 is 1.67 bits per heavy atom. The molecule has 0 aliphatic carbocycles. The highest BCUT2D eigenvalue weighted by Crippen LogP contribution is 2.27. The van der Waals surface area contributed by atoms with Gasteiger partial charge in [0.2, 0.25) is 0 Å². The highest BCUT2D eigenvalue weighted by atomic mass is 32.2. The fraction of sp³-hybridized carbons (Fsp3) is 0.133. The van der Waals surface area contributed by atoms with Gasteiger partial charge in [0, 0.05) is 23.6 Å². The molecule has 2 aromatic heterocycles. The molecule has 1 unspecified atom stereocenters. The van der Waals surface area contributed by atoms with E-state index in [-0.39, 0.29) is 4.90 Å². The smallest absolute Gasteiger partial charge is 0.329 e. The van der Waals surface area contributed by atoms with Crippen LogP contribution in [-0.2, 0) is 16.4 Å². The fourth-order valence-corrected chi connectivity index (χ4v) is 5.72. The molecule has 3 aromatic carbocycles. The molecule has 2 heterocycles. The van der Waals surface area contributed by atoms with E-state index in [0.29, 0.717) is 17.8 Å². The van der Waals surface area contributed by atoms with Gasteiger partial charge in [0.25, 0.3) is 10.0 Å². The van der Waals surface area contributed by atoms with Gasteiger partial charge in [-0.15, -0.1) is 0 Å². The minimum absolute atomic E-state index is 0.0502. The molecule has 8 nitrogen and oxygen atoms in total. The monoisotopic (exact) mass is 540 g/mol. The minimum Gasteiger partial charge on any atom is -0.469 e. The molecule has 2 amide bonds. The number of furan rings is 1. The Labute approximate surface area is 227 Å². The Morgan fingerprint density at radius 1 is 0.949 bits per heavy atom. The van der Waals surface area contributed by atoms with E-state index in [1.54, 1.807) is 37.6 Å². The number of aryl methyl sites for hydroxylation is 2. The van der Waals surface area contributed by atoms with Crippen molar-refractivity contribution >= 4 is 16.1 Å². The number of nitrogens with one attached hydrogen (secondary N) is 2. The van der Waals surface area contributed by atoms with Crippen LogP contribution in [0.3, 0.4) is 0 Å². The number of aromatic nitrogens is 2. The third kappa shape index (κ3) is 5.78. The first kappa shape index (κ1) is 26.0. The summed E-state index contributed by atoms with van der Waals surface area (Å²) in [5.74, 6) is 1.40. The van der Waals surface area contributed by atoms with E-state index in [1.807, 2.05) is 78.4 Å². The van der Waals surface area contributed by atoms with Crippen LogP contribution < -0.4 is 10.0 Å². The van der Waals surface area contributed by atoms with Gasteiger partial charge in [-0.1, -0.05) is 60.7 Å². The predicted octanol–water partition coefficient (Wildman–Crippen LogP) is 5.72. The van der Waals surface area contributed by atoms with Crippen LogP contribution in [-0.4, -0.2) is 24.0 Å². The number of urea groups is 1. The highest BCUT2D eigenvalue weighted by Gasteiger charge is 2.25. The lowest BCUT2D eigenvalue weighted by Crippen LogP contribution is -2.42. The quantitative estimate of drug-likeness (QED) is 0.262. The van der Waals surface area contributed by atoms with Crippen LogP contribution in [0.2, 0.25) is 0 Å². The summed E-state index contributed by atoms with van der Waals surface area (Å²) in [6, 6.07) is 24.6. The van der Waals surface area contributed by atoms with Crippen molar-refractivity contribution in [3.8, 4) is 16.8 Å². The Balaban J connectivity index is 1.43. The van der Waals surface area contributed by atoms with Crippen molar-refractivity contribution in [2.75, 3.05) is 0 Å². The Morgan fingerprint density at radius 3 is 2.36 bits per heavy atom. The van der Waals surface area contributed by atoms with Crippen molar-refractivity contribution in [2.45, 2.75) is 31.2 Å². The maximum Gasteiger partial charge on any atom is 0.329 e. The topological polar surface area (TPSA) is 106 Å². The van der Waals surface area contributed by atoms with Gasteiger partial charge in [-0.2, -0.15) is 0 Å². The SMILES string of the molecule is Cc1ccccc1S(=O)(=O)NC(=O)NC(Cc1ccccc1)c1nccn1-c1ccc(-c2ccoc2C)cc1. The summed E-state index contributed by atoms with van der Waals surface area (Å²) >= 11 is 0. The molecule has 0 aliphatic heterocycles. The molecular formula is C30H28N4O4S. The van der Waals surface area contributed by atoms with Crippen molar-refractivity contribution in [3.63, 3.8) is 0 Å². The van der Waals surface area contributed by atoms with E-state index in [0.717, 1.165) is 28.1 Å². The van der Waals surface area contributed by atoms with Crippen LogP contribution in [0, 0.1) is 13.8 Å². The molecule has 198 valence electrons. The molecule has 0 saturated heterocycles. The summed E-state index contributed by atoms with van der Waals surface area (Å²) in [6.07, 6.45) is 5.54. The minimum atomic E-state index is -4.07. The van der Waals surface area contributed by atoms with Crippen LogP contribution in [0.15, 0.2) is 113 Å². The van der Waals surface area contributed by atoms with Crippen LogP contribution in [0.25, 0.3) is 16.8 Å². The number of benzene rings is 3. The molecule has 0 spiro atoms. The first-order chi connectivity index (χ1) is 18.8. The van der Waals surface area contributed by atoms with E-state index in [2.05, 4.69) is 15.0 Å². The Bertz CT molecular complexity index is 1690. The van der Waals surface area contributed by atoms with Crippen molar-refractivity contribution < 1.29 is 17.6 Å². The van der Waals surface area contributed by atoms with Crippen LogP contribution >= 0.6 is 0 Å². The Kier molecular flexibility index (Phi) is 7.33. The van der Waals surface area contributed by atoms with E-state index in [4.69, 9.17) is 4.42 Å². The number of carbonyl (C=O) groups is 1. The van der Waals surface area contributed by atoms with Gasteiger partial charge in [-0.3, -0.25) is 0 Å². The summed E-state index contributed by atoms with van der Waals surface area (Å²) in [6.45, 7) is 3.60. The molecule has 0 radical (unpaired) electrons. The number of hydrogen-bond acceptors (Lipinski definition) is 5. The van der Waals surface area contributed by atoms with Crippen LogP contribution in [0.4, 0.5) is 4.79 Å². The zero-order valence-corrected chi connectivity index (χ0v) is 22.4. The molecule has 1 atom stereocenters. The normalized spacial score (nSPS) is 12.2. The fourth-order valence-electron chi connectivity index (χ4n) is 4.56. The lowest BCUT2D eigenvalue weighted by molar-refractivity contribution is 0.241. The summed E-state index contributed by atoms with van der Waals surface area (Å²) < 4.78 is 35.3. The Hall–Kier alpha value is -4.63. The summed E-state index contributed by atoms with van der Waals surface area (Å²) in [5.41, 5.74) is 4.39. The molecule has 0 bridgehead atoms. The lowest BCUT2D eigenvalue weighted by Gasteiger charge is -2.21. The molecule has 0 saturated carbocycles. The second kappa shape index (κ2) is 11.0. The van der Waals surface area contributed by atoms with Gasteiger partial charge in [-0.05, 0) is 61.2 Å². The zero-order valence-electron chi connectivity index (χ0n) is 21.5. The first-order valence-electron chi connectivity index (χ1n) is 12.4. The average Bonchev–Trinajstić information content (AvgIpc) is 3.58. The molecule has 9 heteroatoms. The molecule has 39 heavy (non-hydrogen) atoms. The predicted molar refractivity (Wildman–Crippen MR) is 149 cm³/mol. The maximum atomic E-state index is 13.0. The maximum absolute atomic E-state index is 13.0. The third-order valence-corrected chi connectivity index (χ3v) is 7.99. The van der Waals surface area contributed by atoms with Gasteiger partial charge in [0.1, 0.15) is 11.6 Å². The number of nitrogens with zero attached hydrogens (tertiary/aromatic N) is 2. The molecule has 0 fully saturated rings. The van der Waals surface area contributed by atoms with Crippen molar-refractivity contribution in [1.82, 2.24) is 19.6 Å². The van der Waals surface area contributed by atoms with E-state index >= 15 is 0 Å². The van der Waals surface area contributed by atoms with Gasteiger partial charge < -0.3 is 14.3 Å². The highest BCUT2D eigenvalue weighted by molar-refractivity contribution is 7.90. The molecule has 0 aliphatic rings. The standard InChI is InChI=1S/C30H28N4O4S/c1-21-8-6-7-11-28(21)39(36,37)33-30(35)32-27(20-23-9-4-3-5-10-23)29-31-17-18-34(29)25-14-12-24(13-15-25)26-16-19-38-22(26)2/h3-19,27H,20H2,1-2H3,(H2,32,33,35).